The minimum absolute atomic E-state index is 0.0706. The third kappa shape index (κ3) is 7.50. The van der Waals surface area contributed by atoms with Crippen molar-refractivity contribution in [1.29, 1.82) is 0 Å². The second kappa shape index (κ2) is 12.4. The Kier molecular flexibility index (Phi) is 10.3. The van der Waals surface area contributed by atoms with Gasteiger partial charge in [-0.3, -0.25) is 10.1 Å². The van der Waals surface area contributed by atoms with Crippen molar-refractivity contribution in [3.63, 3.8) is 0 Å². The first-order valence-corrected chi connectivity index (χ1v) is 12.4. The summed E-state index contributed by atoms with van der Waals surface area (Å²) in [7, 11) is -2.11. The van der Waals surface area contributed by atoms with Gasteiger partial charge in [-0.2, -0.15) is 4.31 Å². The van der Waals surface area contributed by atoms with Gasteiger partial charge in [-0.1, -0.05) is 6.92 Å². The highest BCUT2D eigenvalue weighted by atomic mass is 32.2. The number of sulfonamides is 1. The van der Waals surface area contributed by atoms with Crippen molar-refractivity contribution in [3.8, 4) is 0 Å². The number of benzene rings is 1. The number of hydrogen-bond donors (Lipinski definition) is 1. The zero-order valence-corrected chi connectivity index (χ0v) is 19.3. The Morgan fingerprint density at radius 1 is 1.13 bits per heavy atom. The molecule has 2 rings (SSSR count). The van der Waals surface area contributed by atoms with Gasteiger partial charge in [0.1, 0.15) is 0 Å². The van der Waals surface area contributed by atoms with Crippen LogP contribution in [0.4, 0.5) is 5.69 Å². The van der Waals surface area contributed by atoms with E-state index in [0.717, 1.165) is 51.6 Å². The van der Waals surface area contributed by atoms with E-state index >= 15 is 0 Å². The Bertz CT molecular complexity index is 779. The molecule has 31 heavy (non-hydrogen) atoms. The van der Waals surface area contributed by atoms with Gasteiger partial charge in [-0.05, 0) is 63.7 Å². The number of nitro groups is 1. The van der Waals surface area contributed by atoms with Gasteiger partial charge in [0.25, 0.3) is 5.69 Å². The van der Waals surface area contributed by atoms with Crippen LogP contribution < -0.4 is 0 Å². The zero-order chi connectivity index (χ0) is 22.9. The van der Waals surface area contributed by atoms with Crippen molar-refractivity contribution in [1.82, 2.24) is 9.21 Å². The van der Waals surface area contributed by atoms with Crippen molar-refractivity contribution >= 4 is 15.7 Å². The number of likely N-dealkylation sites (N-methyl/N-ethyl adjacent to an activating group) is 1. The van der Waals surface area contributed by atoms with Gasteiger partial charge >= 0.3 is 0 Å². The van der Waals surface area contributed by atoms with Gasteiger partial charge in [-0.15, -0.1) is 0 Å². The van der Waals surface area contributed by atoms with Gasteiger partial charge < -0.3 is 14.7 Å². The Labute approximate surface area is 185 Å². The summed E-state index contributed by atoms with van der Waals surface area (Å²) in [5, 5.41) is 19.8. The van der Waals surface area contributed by atoms with Crippen LogP contribution >= 0.6 is 0 Å². The van der Waals surface area contributed by atoms with Crippen molar-refractivity contribution in [2.24, 2.45) is 0 Å². The predicted molar refractivity (Wildman–Crippen MR) is 118 cm³/mol. The summed E-state index contributed by atoms with van der Waals surface area (Å²) in [4.78, 5) is 12.5. The molecular formula is C21H35N3O6S. The van der Waals surface area contributed by atoms with E-state index in [2.05, 4.69) is 11.8 Å². The quantitative estimate of drug-likeness (QED) is 0.275. The largest absolute Gasteiger partial charge is 0.395 e. The SMILES string of the molecule is CCN(CCO)CCCCOC1CCC(N(C)S(=O)(=O)c2ccc([N+](=O)[O-])cc2)CC1. The number of aliphatic hydroxyl groups is 1. The van der Waals surface area contributed by atoms with Crippen LogP contribution in [0, 0.1) is 10.1 Å². The highest BCUT2D eigenvalue weighted by Crippen LogP contribution is 2.29. The molecule has 9 nitrogen and oxygen atoms in total. The molecule has 1 aromatic rings. The molecule has 0 saturated heterocycles. The molecule has 1 N–H and O–H groups in total. The van der Waals surface area contributed by atoms with E-state index in [1.807, 2.05) is 0 Å². The van der Waals surface area contributed by atoms with Crippen molar-refractivity contribution in [2.75, 3.05) is 39.9 Å². The smallest absolute Gasteiger partial charge is 0.269 e. The first kappa shape index (κ1) is 25.7. The summed E-state index contributed by atoms with van der Waals surface area (Å²) in [5.74, 6) is 0. The van der Waals surface area contributed by atoms with Crippen molar-refractivity contribution < 1.29 is 23.2 Å². The van der Waals surface area contributed by atoms with Crippen LogP contribution in [0.15, 0.2) is 29.2 Å². The number of non-ortho nitro benzene ring substituents is 1. The molecule has 1 saturated carbocycles. The number of hydrogen-bond acceptors (Lipinski definition) is 7. The van der Waals surface area contributed by atoms with E-state index in [4.69, 9.17) is 9.84 Å². The second-order valence-electron chi connectivity index (χ2n) is 7.94. The minimum Gasteiger partial charge on any atom is -0.395 e. The van der Waals surface area contributed by atoms with Crippen LogP contribution in [0.25, 0.3) is 0 Å². The third-order valence-electron chi connectivity index (χ3n) is 5.97. The molecule has 0 atom stereocenters. The number of aliphatic hydroxyl groups excluding tert-OH is 1. The lowest BCUT2D eigenvalue weighted by molar-refractivity contribution is -0.384. The Hall–Kier alpha value is -1.59. The van der Waals surface area contributed by atoms with Crippen LogP contribution in [0.1, 0.15) is 45.4 Å². The lowest BCUT2D eigenvalue weighted by Crippen LogP contribution is -2.40. The molecule has 1 fully saturated rings. The predicted octanol–water partition coefficient (Wildman–Crippen LogP) is 2.64. The van der Waals surface area contributed by atoms with Crippen LogP contribution in [-0.4, -0.2) is 79.7 Å². The molecular weight excluding hydrogens is 422 g/mol. The first-order valence-electron chi connectivity index (χ1n) is 11.0. The van der Waals surface area contributed by atoms with Crippen molar-refractivity contribution in [2.45, 2.75) is 62.5 Å². The molecule has 0 bridgehead atoms. The normalized spacial score (nSPS) is 19.8. The molecule has 0 amide bonds. The summed E-state index contributed by atoms with van der Waals surface area (Å²) in [6.45, 7) is 5.56. The maximum absolute atomic E-state index is 12.9. The summed E-state index contributed by atoms with van der Waals surface area (Å²) in [6, 6.07) is 4.92. The fourth-order valence-electron chi connectivity index (χ4n) is 3.93. The topological polar surface area (TPSA) is 113 Å². The molecule has 0 spiro atoms. The zero-order valence-electron chi connectivity index (χ0n) is 18.5. The fraction of sp³-hybridized carbons (Fsp3) is 0.714. The van der Waals surface area contributed by atoms with Crippen LogP contribution in [0.5, 0.6) is 0 Å². The maximum Gasteiger partial charge on any atom is 0.269 e. The molecule has 176 valence electrons. The van der Waals surface area contributed by atoms with E-state index < -0.39 is 14.9 Å². The molecule has 0 aliphatic heterocycles. The van der Waals surface area contributed by atoms with Gasteiger partial charge in [-0.25, -0.2) is 8.42 Å². The summed E-state index contributed by atoms with van der Waals surface area (Å²) in [6.07, 6.45) is 5.25. The highest BCUT2D eigenvalue weighted by Gasteiger charge is 2.32. The lowest BCUT2D eigenvalue weighted by Gasteiger charge is -2.34. The van der Waals surface area contributed by atoms with Gasteiger partial charge in [0.2, 0.25) is 10.0 Å². The average Bonchev–Trinajstić information content (AvgIpc) is 2.78. The molecule has 10 heteroatoms. The number of unbranched alkanes of at least 4 members (excludes halogenated alkanes) is 1. The molecule has 1 aromatic carbocycles. The van der Waals surface area contributed by atoms with E-state index in [1.54, 1.807) is 7.05 Å². The van der Waals surface area contributed by atoms with E-state index in [0.29, 0.717) is 13.2 Å². The minimum atomic E-state index is -3.69. The summed E-state index contributed by atoms with van der Waals surface area (Å²) >= 11 is 0. The monoisotopic (exact) mass is 457 g/mol. The second-order valence-corrected chi connectivity index (χ2v) is 9.94. The van der Waals surface area contributed by atoms with Crippen molar-refractivity contribution in [3.05, 3.63) is 34.4 Å². The Morgan fingerprint density at radius 2 is 1.77 bits per heavy atom. The van der Waals surface area contributed by atoms with Gasteiger partial charge in [0.05, 0.1) is 22.5 Å². The number of ether oxygens (including phenoxy) is 1. The number of rotatable bonds is 13. The standard InChI is InChI=1S/C21H35N3O6S/c1-3-23(15-16-25)14-4-5-17-30-20-10-6-18(7-11-20)22(2)31(28,29)21-12-8-19(9-13-21)24(26)27/h8-9,12-13,18,20,25H,3-7,10-11,14-17H2,1-2H3. The molecule has 0 aromatic heterocycles. The number of nitro benzene ring substituents is 1. The lowest BCUT2D eigenvalue weighted by atomic mass is 9.93. The first-order chi connectivity index (χ1) is 14.8. The van der Waals surface area contributed by atoms with Gasteiger partial charge in [0.15, 0.2) is 0 Å². The Balaban J connectivity index is 1.75. The van der Waals surface area contributed by atoms with Crippen LogP contribution in [0.2, 0.25) is 0 Å². The fourth-order valence-corrected chi connectivity index (χ4v) is 5.35. The third-order valence-corrected chi connectivity index (χ3v) is 7.89. The molecule has 1 aliphatic carbocycles. The maximum atomic E-state index is 12.9. The highest BCUT2D eigenvalue weighted by molar-refractivity contribution is 7.89. The van der Waals surface area contributed by atoms with E-state index in [1.165, 1.54) is 28.6 Å². The van der Waals surface area contributed by atoms with Crippen LogP contribution in [-0.2, 0) is 14.8 Å². The molecule has 0 unspecified atom stereocenters. The summed E-state index contributed by atoms with van der Waals surface area (Å²) in [5.41, 5.74) is -0.130. The summed E-state index contributed by atoms with van der Waals surface area (Å²) < 4.78 is 33.1. The van der Waals surface area contributed by atoms with E-state index in [-0.39, 0.29) is 29.3 Å². The molecule has 0 heterocycles. The number of nitrogens with zero attached hydrogens (tertiary/aromatic N) is 3. The molecule has 1 aliphatic rings. The van der Waals surface area contributed by atoms with Gasteiger partial charge in [0, 0.05) is 38.4 Å². The average molecular weight is 458 g/mol. The van der Waals surface area contributed by atoms with Crippen LogP contribution in [0.3, 0.4) is 0 Å². The molecule has 0 radical (unpaired) electrons. The Morgan fingerprint density at radius 3 is 2.32 bits per heavy atom. The van der Waals surface area contributed by atoms with E-state index in [9.17, 15) is 18.5 Å².